The van der Waals surface area contributed by atoms with E-state index in [1.54, 1.807) is 0 Å². The van der Waals surface area contributed by atoms with Crippen LogP contribution in [-0.4, -0.2) is 62.4 Å². The maximum atomic E-state index is 13.0. The number of hydrogen-bond donors (Lipinski definition) is 2. The number of carbonyl (C=O) groups is 1. The minimum Gasteiger partial charge on any atom is -0.382 e. The van der Waals surface area contributed by atoms with Gasteiger partial charge in [-0.2, -0.15) is 17.9 Å². The van der Waals surface area contributed by atoms with Gasteiger partial charge in [0, 0.05) is 23.0 Å². The van der Waals surface area contributed by atoms with Crippen molar-refractivity contribution < 1.29 is 23.1 Å². The van der Waals surface area contributed by atoms with Crippen LogP contribution in [0, 0.1) is 0 Å². The summed E-state index contributed by atoms with van der Waals surface area (Å²) in [6.07, 6.45) is -5.00. The second-order valence-corrected chi connectivity index (χ2v) is 7.55. The van der Waals surface area contributed by atoms with Gasteiger partial charge < -0.3 is 10.8 Å². The van der Waals surface area contributed by atoms with Crippen molar-refractivity contribution in [3.63, 3.8) is 0 Å². The van der Waals surface area contributed by atoms with Crippen molar-refractivity contribution in [2.45, 2.75) is 25.4 Å². The molecule has 0 radical (unpaired) electrons. The van der Waals surface area contributed by atoms with Gasteiger partial charge in [-0.25, -0.2) is 24.4 Å². The smallest absolute Gasteiger partial charge is 0.382 e. The molecular formula is C19H15ClF3N9O3. The molecule has 3 N–H and O–H groups in total. The van der Waals surface area contributed by atoms with Crippen LogP contribution in [0.4, 0.5) is 13.2 Å². The zero-order valence-electron chi connectivity index (χ0n) is 17.5. The highest BCUT2D eigenvalue weighted by molar-refractivity contribution is 6.30. The van der Waals surface area contributed by atoms with Crippen LogP contribution in [0.1, 0.15) is 16.4 Å². The fraction of sp³-hybridized carbons (Fsp3) is 0.211. The molecule has 1 aromatic carbocycles. The number of nitrogens with two attached hydrogens (primary N) is 1. The predicted molar refractivity (Wildman–Crippen MR) is 114 cm³/mol. The summed E-state index contributed by atoms with van der Waals surface area (Å²) in [5, 5.41) is 18.1. The van der Waals surface area contributed by atoms with E-state index in [0.717, 1.165) is 9.36 Å². The van der Waals surface area contributed by atoms with Gasteiger partial charge in [-0.15, -0.1) is 10.2 Å². The van der Waals surface area contributed by atoms with Gasteiger partial charge in [-0.05, 0) is 30.3 Å². The number of alkyl halides is 3. The molecule has 182 valence electrons. The first-order valence-electron chi connectivity index (χ1n) is 9.76. The Balaban J connectivity index is 1.77. The topological polar surface area (TPSA) is 160 Å². The molecule has 4 aromatic rings. The van der Waals surface area contributed by atoms with Crippen molar-refractivity contribution in [1.29, 1.82) is 0 Å². The number of halogens is 4. The lowest BCUT2D eigenvalue weighted by Gasteiger charge is -2.15. The molecule has 0 aliphatic heterocycles. The van der Waals surface area contributed by atoms with E-state index >= 15 is 0 Å². The van der Waals surface area contributed by atoms with Crippen molar-refractivity contribution in [2.75, 3.05) is 0 Å². The lowest BCUT2D eigenvalue weighted by Crippen LogP contribution is -2.37. The molecule has 0 bridgehead atoms. The number of carbonyl (C=O) groups excluding carboxylic acids is 1. The summed E-state index contributed by atoms with van der Waals surface area (Å²) in [5.41, 5.74) is 4.64. The van der Waals surface area contributed by atoms with Crippen LogP contribution >= 0.6 is 11.6 Å². The molecular weight excluding hydrogens is 495 g/mol. The van der Waals surface area contributed by atoms with Gasteiger partial charge in [0.2, 0.25) is 5.82 Å². The molecule has 4 rings (SSSR count). The summed E-state index contributed by atoms with van der Waals surface area (Å²) >= 11 is 5.87. The first-order chi connectivity index (χ1) is 16.5. The molecule has 0 spiro atoms. The van der Waals surface area contributed by atoms with E-state index in [2.05, 4.69) is 25.1 Å². The molecule has 16 heteroatoms. The summed E-state index contributed by atoms with van der Waals surface area (Å²) in [6, 6.07) is 7.37. The molecule has 3 heterocycles. The maximum absolute atomic E-state index is 13.0. The van der Waals surface area contributed by atoms with Gasteiger partial charge in [-0.1, -0.05) is 11.6 Å². The van der Waals surface area contributed by atoms with E-state index in [9.17, 15) is 27.9 Å². The first kappa shape index (κ1) is 24.0. The largest absolute Gasteiger partial charge is 0.416 e. The van der Waals surface area contributed by atoms with E-state index in [4.69, 9.17) is 17.3 Å². The van der Waals surface area contributed by atoms with E-state index in [1.165, 1.54) is 42.7 Å². The number of rotatable bonds is 7. The monoisotopic (exact) mass is 509 g/mol. The minimum atomic E-state index is -4.97. The summed E-state index contributed by atoms with van der Waals surface area (Å²) < 4.78 is 41.4. The second kappa shape index (κ2) is 9.27. The van der Waals surface area contributed by atoms with Crippen LogP contribution in [-0.2, 0) is 13.1 Å². The Morgan fingerprint density at radius 2 is 1.80 bits per heavy atom. The molecule has 12 nitrogen and oxygen atoms in total. The van der Waals surface area contributed by atoms with E-state index in [1.807, 2.05) is 0 Å². The number of hydrogen-bond acceptors (Lipinski definition) is 8. The second-order valence-electron chi connectivity index (χ2n) is 7.12. The third kappa shape index (κ3) is 5.04. The highest BCUT2D eigenvalue weighted by Crippen LogP contribution is 2.24. The number of nitrogens with zero attached hydrogens (tertiary/aromatic N) is 8. The molecule has 1 amide bonds. The fourth-order valence-electron chi connectivity index (χ4n) is 3.05. The van der Waals surface area contributed by atoms with Crippen LogP contribution in [0.15, 0.2) is 47.5 Å². The molecule has 3 aromatic heterocycles. The van der Waals surface area contributed by atoms with Gasteiger partial charge in [0.25, 0.3) is 11.9 Å². The van der Waals surface area contributed by atoms with Crippen molar-refractivity contribution in [1.82, 2.24) is 39.1 Å². The predicted octanol–water partition coefficient (Wildman–Crippen LogP) is 0.806. The highest BCUT2D eigenvalue weighted by atomic mass is 35.5. The summed E-state index contributed by atoms with van der Waals surface area (Å²) in [6.45, 7) is -1.54. The summed E-state index contributed by atoms with van der Waals surface area (Å²) in [7, 11) is 0. The summed E-state index contributed by atoms with van der Waals surface area (Å²) in [5.74, 6) is -1.57. The quantitative estimate of drug-likeness (QED) is 0.370. The number of aliphatic hydroxyl groups excluding tert-OH is 1. The molecule has 0 saturated heterocycles. The van der Waals surface area contributed by atoms with Gasteiger partial charge in [-0.3, -0.25) is 9.36 Å². The van der Waals surface area contributed by atoms with E-state index in [-0.39, 0.29) is 29.0 Å². The average molecular weight is 510 g/mol. The minimum absolute atomic E-state index is 0.0203. The standard InChI is InChI=1S/C19H15ClF3N9O3/c20-11-4-2-10(3-5-11)15-29-31(18(35)30(15)8-12(33)19(21,22)23)9-13-27-16(14(24)34)32(28-13)17-25-6-1-7-26-17/h1-7,12,33H,8-9H2,(H2,24,34). The van der Waals surface area contributed by atoms with Gasteiger partial charge in [0.15, 0.2) is 17.8 Å². The molecule has 0 aliphatic carbocycles. The van der Waals surface area contributed by atoms with Crippen molar-refractivity contribution >= 4 is 17.5 Å². The molecule has 1 unspecified atom stereocenters. The van der Waals surface area contributed by atoms with Crippen molar-refractivity contribution in [2.24, 2.45) is 5.73 Å². The molecule has 0 saturated carbocycles. The Hall–Kier alpha value is -4.11. The Kier molecular flexibility index (Phi) is 6.36. The van der Waals surface area contributed by atoms with Gasteiger partial charge >= 0.3 is 11.9 Å². The summed E-state index contributed by atoms with van der Waals surface area (Å²) in [4.78, 5) is 36.7. The third-order valence-electron chi connectivity index (χ3n) is 4.66. The zero-order valence-corrected chi connectivity index (χ0v) is 18.2. The number of aliphatic hydroxyl groups is 1. The van der Waals surface area contributed by atoms with Crippen molar-refractivity contribution in [3.8, 4) is 17.3 Å². The molecule has 1 atom stereocenters. The van der Waals surface area contributed by atoms with Crippen LogP contribution in [0.25, 0.3) is 17.3 Å². The van der Waals surface area contributed by atoms with Gasteiger partial charge in [0.1, 0.15) is 6.54 Å². The molecule has 0 aliphatic rings. The molecule has 0 fully saturated rings. The average Bonchev–Trinajstić information content (AvgIpc) is 3.37. The lowest BCUT2D eigenvalue weighted by molar-refractivity contribution is -0.207. The Morgan fingerprint density at radius 3 is 2.40 bits per heavy atom. The van der Waals surface area contributed by atoms with E-state index < -0.39 is 37.0 Å². The van der Waals surface area contributed by atoms with Crippen LogP contribution in [0.5, 0.6) is 0 Å². The number of primary amides is 1. The Labute approximate surface area is 198 Å². The molecule has 35 heavy (non-hydrogen) atoms. The van der Waals surface area contributed by atoms with Crippen LogP contribution in [0.2, 0.25) is 5.02 Å². The highest BCUT2D eigenvalue weighted by Gasteiger charge is 2.39. The van der Waals surface area contributed by atoms with Crippen LogP contribution in [0.3, 0.4) is 0 Å². The fourth-order valence-corrected chi connectivity index (χ4v) is 3.18. The van der Waals surface area contributed by atoms with E-state index in [0.29, 0.717) is 9.59 Å². The number of amides is 1. The Bertz CT molecular complexity index is 1420. The normalized spacial score (nSPS) is 12.6. The lowest BCUT2D eigenvalue weighted by atomic mass is 10.2. The number of aromatic nitrogens is 8. The first-order valence-corrected chi connectivity index (χ1v) is 10.1. The third-order valence-corrected chi connectivity index (χ3v) is 4.91. The Morgan fingerprint density at radius 1 is 1.14 bits per heavy atom. The van der Waals surface area contributed by atoms with Crippen LogP contribution < -0.4 is 11.4 Å². The zero-order chi connectivity index (χ0) is 25.3. The SMILES string of the molecule is NC(=O)c1nc(Cn2nc(-c3ccc(Cl)cc3)n(CC(O)C(F)(F)F)c2=O)nn1-c1ncccn1. The number of benzene rings is 1. The van der Waals surface area contributed by atoms with Crippen molar-refractivity contribution in [3.05, 3.63) is 69.9 Å². The van der Waals surface area contributed by atoms with Gasteiger partial charge in [0.05, 0.1) is 6.54 Å². The maximum Gasteiger partial charge on any atom is 0.416 e.